The first-order valence-electron chi connectivity index (χ1n) is 2.50. The topological polar surface area (TPSA) is 27.1 Å². The lowest BCUT2D eigenvalue weighted by Gasteiger charge is -1.98. The second kappa shape index (κ2) is 2.31. The number of ether oxygens (including phenoxy) is 1. The zero-order valence-corrected chi connectivity index (χ0v) is 6.22. The summed E-state index contributed by atoms with van der Waals surface area (Å²) in [4.78, 5) is 0.764. The van der Waals surface area contributed by atoms with Crippen LogP contribution in [-0.4, -0.2) is 16.9 Å². The molecule has 0 aromatic carbocycles. The summed E-state index contributed by atoms with van der Waals surface area (Å²) in [7, 11) is 3.40. The molecule has 1 aromatic heterocycles. The van der Waals surface area contributed by atoms with Crippen molar-refractivity contribution in [3.8, 4) is 5.88 Å². The molecule has 9 heavy (non-hydrogen) atoms. The average Bonchev–Trinajstić information content (AvgIpc) is 2.12. The molecule has 0 unspecified atom stereocenters. The van der Waals surface area contributed by atoms with Crippen LogP contribution in [0.3, 0.4) is 0 Å². The van der Waals surface area contributed by atoms with Gasteiger partial charge < -0.3 is 4.74 Å². The molecule has 0 amide bonds. The first kappa shape index (κ1) is 6.48. The molecule has 4 heteroatoms. The fraction of sp³-hybridized carbons (Fsp3) is 0.400. The maximum Gasteiger partial charge on any atom is 0.225 e. The van der Waals surface area contributed by atoms with Crippen LogP contribution in [0.25, 0.3) is 0 Å². The molecule has 0 aliphatic heterocycles. The average molecular weight is 144 g/mol. The maximum atomic E-state index is 4.94. The summed E-state index contributed by atoms with van der Waals surface area (Å²) in [6.07, 6.45) is 1.64. The number of aryl methyl sites for hydroxylation is 1. The van der Waals surface area contributed by atoms with Crippen LogP contribution in [0, 0.1) is 0 Å². The smallest absolute Gasteiger partial charge is 0.225 e. The van der Waals surface area contributed by atoms with E-state index in [2.05, 4.69) is 17.7 Å². The van der Waals surface area contributed by atoms with Gasteiger partial charge in [0, 0.05) is 7.05 Å². The molecule has 0 fully saturated rings. The summed E-state index contributed by atoms with van der Waals surface area (Å²) >= 11 is 4.09. The Balaban J connectivity index is 3.07. The van der Waals surface area contributed by atoms with Gasteiger partial charge in [0.15, 0.2) is 0 Å². The predicted octanol–water partition coefficient (Wildman–Crippen LogP) is 0.717. The van der Waals surface area contributed by atoms with Crippen LogP contribution in [0.15, 0.2) is 11.1 Å². The van der Waals surface area contributed by atoms with Gasteiger partial charge in [-0.1, -0.05) is 0 Å². The molecule has 0 saturated heterocycles. The molecule has 0 bridgehead atoms. The lowest BCUT2D eigenvalue weighted by Crippen LogP contribution is -1.94. The Hall–Kier alpha value is -0.640. The third kappa shape index (κ3) is 1.03. The van der Waals surface area contributed by atoms with Crippen LogP contribution in [0.4, 0.5) is 0 Å². The van der Waals surface area contributed by atoms with E-state index in [9.17, 15) is 0 Å². The molecule has 0 N–H and O–H groups in total. The monoisotopic (exact) mass is 144 g/mol. The number of hydrogen-bond acceptors (Lipinski definition) is 3. The Morgan fingerprint density at radius 1 is 1.78 bits per heavy atom. The number of methoxy groups -OCH3 is 1. The van der Waals surface area contributed by atoms with E-state index in [0.717, 1.165) is 4.90 Å². The first-order valence-corrected chi connectivity index (χ1v) is 2.95. The van der Waals surface area contributed by atoms with Crippen LogP contribution >= 0.6 is 12.6 Å². The Kier molecular flexibility index (Phi) is 1.66. The zero-order valence-electron chi connectivity index (χ0n) is 5.33. The van der Waals surface area contributed by atoms with Gasteiger partial charge >= 0.3 is 0 Å². The molecule has 0 aliphatic rings. The largest absolute Gasteiger partial charge is 0.480 e. The van der Waals surface area contributed by atoms with Crippen molar-refractivity contribution in [3.63, 3.8) is 0 Å². The number of aromatic nitrogens is 2. The van der Waals surface area contributed by atoms with Crippen LogP contribution < -0.4 is 4.74 Å². The highest BCUT2D eigenvalue weighted by molar-refractivity contribution is 7.80. The Labute approximate surface area is 59.0 Å². The van der Waals surface area contributed by atoms with E-state index >= 15 is 0 Å². The highest BCUT2D eigenvalue weighted by Gasteiger charge is 2.01. The van der Waals surface area contributed by atoms with Crippen molar-refractivity contribution >= 4 is 12.6 Å². The van der Waals surface area contributed by atoms with Crippen molar-refractivity contribution in [1.29, 1.82) is 0 Å². The summed E-state index contributed by atoms with van der Waals surface area (Å²) < 4.78 is 6.57. The molecule has 3 nitrogen and oxygen atoms in total. The second-order valence-electron chi connectivity index (χ2n) is 1.66. The normalized spacial score (nSPS) is 9.67. The Bertz CT molecular complexity index is 189. The minimum absolute atomic E-state index is 0.693. The predicted molar refractivity (Wildman–Crippen MR) is 37.0 cm³/mol. The van der Waals surface area contributed by atoms with Crippen LogP contribution in [0.1, 0.15) is 0 Å². The van der Waals surface area contributed by atoms with Crippen molar-refractivity contribution in [2.45, 2.75) is 4.90 Å². The van der Waals surface area contributed by atoms with Gasteiger partial charge in [-0.05, 0) is 0 Å². The molecule has 0 saturated carbocycles. The zero-order chi connectivity index (χ0) is 6.85. The first-order chi connectivity index (χ1) is 4.25. The lowest BCUT2D eigenvalue weighted by atomic mass is 10.7. The third-order valence-corrected chi connectivity index (χ3v) is 1.37. The number of thiol groups is 1. The van der Waals surface area contributed by atoms with Gasteiger partial charge in [0.2, 0.25) is 5.88 Å². The second-order valence-corrected chi connectivity index (χ2v) is 2.14. The van der Waals surface area contributed by atoms with E-state index in [1.807, 2.05) is 0 Å². The van der Waals surface area contributed by atoms with Gasteiger partial charge in [0.25, 0.3) is 0 Å². The number of rotatable bonds is 1. The Morgan fingerprint density at radius 3 is 2.67 bits per heavy atom. The fourth-order valence-corrected chi connectivity index (χ4v) is 0.939. The summed E-state index contributed by atoms with van der Waals surface area (Å²) in [5, 5.41) is 3.90. The molecule has 0 radical (unpaired) electrons. The van der Waals surface area contributed by atoms with Crippen molar-refractivity contribution in [2.75, 3.05) is 7.11 Å². The van der Waals surface area contributed by atoms with Gasteiger partial charge in [0.1, 0.15) is 0 Å². The third-order valence-electron chi connectivity index (χ3n) is 1.06. The summed E-state index contributed by atoms with van der Waals surface area (Å²) in [6, 6.07) is 0. The van der Waals surface area contributed by atoms with Crippen molar-refractivity contribution in [2.24, 2.45) is 7.05 Å². The van der Waals surface area contributed by atoms with E-state index in [-0.39, 0.29) is 0 Å². The van der Waals surface area contributed by atoms with Crippen LogP contribution in [0.5, 0.6) is 5.88 Å². The fourth-order valence-electron chi connectivity index (χ4n) is 0.651. The Morgan fingerprint density at radius 2 is 2.44 bits per heavy atom. The molecular formula is C5H8N2OS. The van der Waals surface area contributed by atoms with Crippen LogP contribution in [0.2, 0.25) is 0 Å². The summed E-state index contributed by atoms with van der Waals surface area (Å²) in [5.74, 6) is 0.693. The van der Waals surface area contributed by atoms with Gasteiger partial charge in [0.05, 0.1) is 18.2 Å². The quantitative estimate of drug-likeness (QED) is 0.588. The molecule has 50 valence electrons. The number of hydrogen-bond donors (Lipinski definition) is 1. The molecule has 0 atom stereocenters. The minimum Gasteiger partial charge on any atom is -0.480 e. The summed E-state index contributed by atoms with van der Waals surface area (Å²) in [6.45, 7) is 0. The molecule has 0 spiro atoms. The molecule has 1 rings (SSSR count). The molecular weight excluding hydrogens is 136 g/mol. The van der Waals surface area contributed by atoms with Gasteiger partial charge in [-0.2, -0.15) is 5.10 Å². The maximum absolute atomic E-state index is 4.94. The highest BCUT2D eigenvalue weighted by Crippen LogP contribution is 2.19. The molecule has 1 heterocycles. The van der Waals surface area contributed by atoms with E-state index in [1.54, 1.807) is 25.0 Å². The summed E-state index contributed by atoms with van der Waals surface area (Å²) in [5.41, 5.74) is 0. The van der Waals surface area contributed by atoms with Crippen molar-refractivity contribution in [1.82, 2.24) is 9.78 Å². The van der Waals surface area contributed by atoms with Gasteiger partial charge in [-0.3, -0.25) is 0 Å². The lowest BCUT2D eigenvalue weighted by molar-refractivity contribution is 0.365. The molecule has 0 aliphatic carbocycles. The van der Waals surface area contributed by atoms with Crippen LogP contribution in [-0.2, 0) is 7.05 Å². The van der Waals surface area contributed by atoms with E-state index < -0.39 is 0 Å². The van der Waals surface area contributed by atoms with Crippen molar-refractivity contribution in [3.05, 3.63) is 6.20 Å². The SMILES string of the molecule is COc1c(S)cnn1C. The standard InChI is InChI=1S/C5H8N2OS/c1-7-5(8-2)4(9)3-6-7/h3,9H,1-2H3. The van der Waals surface area contributed by atoms with Crippen molar-refractivity contribution < 1.29 is 4.74 Å². The number of nitrogens with zero attached hydrogens (tertiary/aromatic N) is 2. The van der Waals surface area contributed by atoms with E-state index in [0.29, 0.717) is 5.88 Å². The minimum atomic E-state index is 0.693. The van der Waals surface area contributed by atoms with Gasteiger partial charge in [-0.15, -0.1) is 12.6 Å². The van der Waals surface area contributed by atoms with E-state index in [1.165, 1.54) is 0 Å². The van der Waals surface area contributed by atoms with Gasteiger partial charge in [-0.25, -0.2) is 4.68 Å². The highest BCUT2D eigenvalue weighted by atomic mass is 32.1. The molecule has 1 aromatic rings. The van der Waals surface area contributed by atoms with E-state index in [4.69, 9.17) is 4.74 Å².